The number of nitrogens with zero attached hydrogens (tertiary/aromatic N) is 1. The number of para-hydroxylation sites is 2. The summed E-state index contributed by atoms with van der Waals surface area (Å²) in [5.74, 6) is -1.77. The van der Waals surface area contributed by atoms with E-state index in [2.05, 4.69) is 17.6 Å². The monoisotopic (exact) mass is 415 g/mol. The molecule has 29 heavy (non-hydrogen) atoms. The van der Waals surface area contributed by atoms with Crippen molar-refractivity contribution in [3.63, 3.8) is 0 Å². The second kappa shape index (κ2) is 8.50. The van der Waals surface area contributed by atoms with E-state index in [0.29, 0.717) is 11.1 Å². The van der Waals surface area contributed by atoms with Crippen molar-refractivity contribution in [2.24, 2.45) is 17.3 Å². The van der Waals surface area contributed by atoms with Crippen molar-refractivity contribution in [3.05, 3.63) is 30.2 Å². The van der Waals surface area contributed by atoms with Crippen LogP contribution in [0.15, 0.2) is 28.7 Å². The third-order valence-corrected chi connectivity index (χ3v) is 7.47. The van der Waals surface area contributed by atoms with Crippen LogP contribution in [0.4, 0.5) is 0 Å². The zero-order chi connectivity index (χ0) is 20.4. The van der Waals surface area contributed by atoms with E-state index in [1.54, 1.807) is 6.07 Å². The van der Waals surface area contributed by atoms with Crippen molar-refractivity contribution in [2.75, 3.05) is 0 Å². The number of rotatable bonds is 6. The molecule has 5 nitrogen and oxygen atoms in total. The molecule has 2 saturated carbocycles. The maximum Gasteiger partial charge on any atom is 0.311 e. The van der Waals surface area contributed by atoms with E-state index in [9.17, 15) is 14.7 Å². The van der Waals surface area contributed by atoms with Crippen LogP contribution in [0.1, 0.15) is 76.0 Å². The minimum absolute atomic E-state index is 0.0621. The maximum atomic E-state index is 13.1. The van der Waals surface area contributed by atoms with Crippen LogP contribution in [0.3, 0.4) is 0 Å². The average Bonchev–Trinajstić information content (AvgIpc) is 3.16. The molecule has 2 aliphatic rings. The van der Waals surface area contributed by atoms with Crippen molar-refractivity contribution in [2.45, 2.75) is 70.1 Å². The van der Waals surface area contributed by atoms with E-state index in [1.807, 2.05) is 18.2 Å². The summed E-state index contributed by atoms with van der Waals surface area (Å²) in [6.45, 7) is 0. The van der Waals surface area contributed by atoms with Gasteiger partial charge in [0, 0.05) is 0 Å². The molecule has 1 aromatic heterocycles. The number of fused-ring (bicyclic) bond motifs is 1. The Hall–Kier alpha value is -1.82. The van der Waals surface area contributed by atoms with E-state index in [4.69, 9.17) is 4.42 Å². The Kier molecular flexibility index (Phi) is 6.00. The van der Waals surface area contributed by atoms with Crippen LogP contribution in [-0.4, -0.2) is 21.2 Å². The molecule has 1 atom stereocenters. The van der Waals surface area contributed by atoms with Gasteiger partial charge in [0.15, 0.2) is 10.7 Å². The highest BCUT2D eigenvalue weighted by atomic mass is 32.1. The average molecular weight is 416 g/mol. The molecule has 0 spiro atoms. The third-order valence-electron chi connectivity index (χ3n) is 7.21. The van der Waals surface area contributed by atoms with Gasteiger partial charge in [-0.05, 0) is 49.7 Å². The third kappa shape index (κ3) is 3.60. The van der Waals surface area contributed by atoms with Crippen LogP contribution in [-0.2, 0) is 9.59 Å². The minimum Gasteiger partial charge on any atom is -0.481 e. The van der Waals surface area contributed by atoms with Gasteiger partial charge in [-0.3, -0.25) is 9.59 Å². The standard InChI is InChI=1S/C23H29NO4S/c25-21(29)19(20-24-17-13-7-8-14-18(17)28-20)23(22(26)27,15-9-3-1-4-10-15)16-11-5-2-6-12-16/h7-8,13-16,19H,1-6,9-12H2,(H,25,29)(H,26,27). The lowest BCUT2D eigenvalue weighted by atomic mass is 9.53. The predicted octanol–water partition coefficient (Wildman–Crippen LogP) is 5.60. The highest BCUT2D eigenvalue weighted by molar-refractivity contribution is 7.96. The number of benzene rings is 1. The number of aromatic nitrogens is 1. The van der Waals surface area contributed by atoms with Gasteiger partial charge in [-0.25, -0.2) is 4.98 Å². The van der Waals surface area contributed by atoms with Crippen LogP contribution in [0.25, 0.3) is 11.1 Å². The molecule has 2 aromatic rings. The quantitative estimate of drug-likeness (QED) is 0.600. The lowest BCUT2D eigenvalue weighted by Crippen LogP contribution is -2.52. The molecule has 4 rings (SSSR count). The van der Waals surface area contributed by atoms with Crippen molar-refractivity contribution in [1.82, 2.24) is 4.98 Å². The second-order valence-corrected chi connectivity index (χ2v) is 9.14. The summed E-state index contributed by atoms with van der Waals surface area (Å²) >= 11 is 4.21. The number of carbonyl (C=O) groups is 2. The Morgan fingerprint density at radius 2 is 1.55 bits per heavy atom. The highest BCUT2D eigenvalue weighted by Gasteiger charge is 2.60. The van der Waals surface area contributed by atoms with Crippen LogP contribution in [0.2, 0.25) is 0 Å². The molecule has 0 bridgehead atoms. The number of carboxylic acid groups (broad SMARTS) is 1. The van der Waals surface area contributed by atoms with Crippen LogP contribution < -0.4 is 0 Å². The molecule has 0 amide bonds. The van der Waals surface area contributed by atoms with E-state index in [0.717, 1.165) is 64.2 Å². The van der Waals surface area contributed by atoms with E-state index in [1.165, 1.54) is 0 Å². The molecule has 1 unspecified atom stereocenters. The summed E-state index contributed by atoms with van der Waals surface area (Å²) in [6, 6.07) is 7.34. The van der Waals surface area contributed by atoms with Crippen LogP contribution in [0.5, 0.6) is 0 Å². The van der Waals surface area contributed by atoms with Crippen molar-refractivity contribution in [1.29, 1.82) is 0 Å². The first kappa shape index (κ1) is 20.5. The lowest BCUT2D eigenvalue weighted by molar-refractivity contribution is -0.166. The number of hydrogen-bond donors (Lipinski definition) is 2. The van der Waals surface area contributed by atoms with E-state index >= 15 is 0 Å². The molecular weight excluding hydrogens is 386 g/mol. The first-order chi connectivity index (χ1) is 14.0. The highest BCUT2D eigenvalue weighted by Crippen LogP contribution is 2.57. The number of oxazole rings is 1. The van der Waals surface area contributed by atoms with Crippen molar-refractivity contribution in [3.8, 4) is 0 Å². The largest absolute Gasteiger partial charge is 0.481 e. The number of hydrogen-bond acceptors (Lipinski definition) is 4. The molecule has 1 N–H and O–H groups in total. The van der Waals surface area contributed by atoms with Crippen LogP contribution >= 0.6 is 12.6 Å². The first-order valence-corrected chi connectivity index (χ1v) is 11.3. The Labute approximate surface area is 176 Å². The predicted molar refractivity (Wildman–Crippen MR) is 114 cm³/mol. The van der Waals surface area contributed by atoms with E-state index in [-0.39, 0.29) is 17.7 Å². The molecular formula is C23H29NO4S. The molecule has 1 aromatic carbocycles. The lowest BCUT2D eigenvalue weighted by Gasteiger charge is -2.48. The molecule has 2 fully saturated rings. The fourth-order valence-electron chi connectivity index (χ4n) is 5.97. The summed E-state index contributed by atoms with van der Waals surface area (Å²) < 4.78 is 5.99. The molecule has 0 aliphatic heterocycles. The molecule has 6 heteroatoms. The van der Waals surface area contributed by atoms with Crippen molar-refractivity contribution < 1.29 is 19.1 Å². The Morgan fingerprint density at radius 1 is 1.00 bits per heavy atom. The number of thiol groups is 1. The topological polar surface area (TPSA) is 80.4 Å². The van der Waals surface area contributed by atoms with Gasteiger partial charge < -0.3 is 9.52 Å². The maximum absolute atomic E-state index is 13.1. The normalized spacial score (nSPS) is 20.6. The number of carboxylic acids is 1. The van der Waals surface area contributed by atoms with Gasteiger partial charge in [0.25, 0.3) is 0 Å². The fraction of sp³-hybridized carbons (Fsp3) is 0.609. The van der Waals surface area contributed by atoms with Crippen molar-refractivity contribution >= 4 is 34.8 Å². The zero-order valence-electron chi connectivity index (χ0n) is 16.7. The molecule has 0 saturated heterocycles. The fourth-order valence-corrected chi connectivity index (χ4v) is 6.29. The Morgan fingerprint density at radius 3 is 2.03 bits per heavy atom. The van der Waals surface area contributed by atoms with Gasteiger partial charge in [-0.1, -0.05) is 50.7 Å². The Bertz CT molecular complexity index is 829. The summed E-state index contributed by atoms with van der Waals surface area (Å²) in [6.07, 6.45) is 9.61. The van der Waals surface area contributed by atoms with Gasteiger partial charge in [0.05, 0.1) is 5.41 Å². The van der Waals surface area contributed by atoms with Crippen LogP contribution in [0, 0.1) is 17.3 Å². The number of carbonyl (C=O) groups excluding carboxylic acids is 1. The van der Waals surface area contributed by atoms with E-state index < -0.39 is 22.4 Å². The molecule has 0 radical (unpaired) electrons. The molecule has 2 aliphatic carbocycles. The van der Waals surface area contributed by atoms with Gasteiger partial charge in [0.2, 0.25) is 5.89 Å². The summed E-state index contributed by atoms with van der Waals surface area (Å²) in [5, 5.41) is 10.3. The summed E-state index contributed by atoms with van der Waals surface area (Å²) in [4.78, 5) is 30.6. The zero-order valence-corrected chi connectivity index (χ0v) is 17.6. The smallest absolute Gasteiger partial charge is 0.311 e. The number of aliphatic carboxylic acids is 1. The summed E-state index contributed by atoms with van der Waals surface area (Å²) in [5.41, 5.74) is 0.0166. The summed E-state index contributed by atoms with van der Waals surface area (Å²) in [7, 11) is 0. The molecule has 1 heterocycles. The van der Waals surface area contributed by atoms with Gasteiger partial charge in [-0.15, -0.1) is 12.6 Å². The first-order valence-electron chi connectivity index (χ1n) is 10.9. The van der Waals surface area contributed by atoms with Gasteiger partial charge >= 0.3 is 5.97 Å². The molecule has 156 valence electrons. The minimum atomic E-state index is -1.21. The van der Waals surface area contributed by atoms with Gasteiger partial charge in [-0.2, -0.15) is 0 Å². The second-order valence-electron chi connectivity index (χ2n) is 8.70. The SMILES string of the molecule is O=C(S)C(c1nc2ccccc2o1)C(C(=O)O)(C1CCCCC1)C1CCCCC1. The van der Waals surface area contributed by atoms with Gasteiger partial charge in [0.1, 0.15) is 11.4 Å². The Balaban J connectivity index is 1.89.